The summed E-state index contributed by atoms with van der Waals surface area (Å²) in [5.74, 6) is -1.29. The van der Waals surface area contributed by atoms with Crippen LogP contribution in [-0.4, -0.2) is 48.1 Å². The van der Waals surface area contributed by atoms with Gasteiger partial charge in [0.1, 0.15) is 6.33 Å². The van der Waals surface area contributed by atoms with E-state index in [1.807, 2.05) is 12.2 Å². The first-order chi connectivity index (χ1) is 11.0. The summed E-state index contributed by atoms with van der Waals surface area (Å²) in [4.78, 5) is 16.2. The lowest BCUT2D eigenvalue weighted by atomic mass is 10.0. The minimum Gasteiger partial charge on any atom is -0.506 e. The fourth-order valence-electron chi connectivity index (χ4n) is 2.44. The Morgan fingerprint density at radius 3 is 2.87 bits per heavy atom. The minimum atomic E-state index is -1.42. The lowest BCUT2D eigenvalue weighted by Gasteiger charge is -2.22. The number of ether oxygens (including phenoxy) is 1. The van der Waals surface area contributed by atoms with Crippen molar-refractivity contribution in [3.05, 3.63) is 47.5 Å². The van der Waals surface area contributed by atoms with Crippen molar-refractivity contribution in [2.75, 3.05) is 6.61 Å². The lowest BCUT2D eigenvalue weighted by Crippen LogP contribution is -2.32. The Morgan fingerprint density at radius 2 is 2.26 bits per heavy atom. The van der Waals surface area contributed by atoms with E-state index >= 15 is 0 Å². The average Bonchev–Trinajstić information content (AvgIpc) is 3.15. The summed E-state index contributed by atoms with van der Waals surface area (Å²) < 4.78 is 6.58. The molecule has 23 heavy (non-hydrogen) atoms. The Bertz CT molecular complexity index is 733. The van der Waals surface area contributed by atoms with Crippen molar-refractivity contribution in [3.8, 4) is 0 Å². The Kier molecular flexibility index (Phi) is 3.78. The number of aromatic nitrogens is 3. The molecule has 0 bridgehead atoms. The molecule has 8 heteroatoms. The zero-order valence-corrected chi connectivity index (χ0v) is 12.5. The zero-order valence-electron chi connectivity index (χ0n) is 12.5. The van der Waals surface area contributed by atoms with E-state index in [0.717, 1.165) is 17.5 Å². The molecule has 2 atom stereocenters. The Morgan fingerprint density at radius 1 is 1.48 bits per heavy atom. The van der Waals surface area contributed by atoms with Gasteiger partial charge in [-0.05, 0) is 19.8 Å². The van der Waals surface area contributed by atoms with Crippen molar-refractivity contribution in [1.29, 1.82) is 0 Å². The van der Waals surface area contributed by atoms with Gasteiger partial charge < -0.3 is 20.1 Å². The van der Waals surface area contributed by atoms with Crippen LogP contribution >= 0.6 is 0 Å². The van der Waals surface area contributed by atoms with Crippen LogP contribution in [0.5, 0.6) is 0 Å². The molecule has 1 aromatic rings. The van der Waals surface area contributed by atoms with Gasteiger partial charge in [0.05, 0.1) is 6.61 Å². The van der Waals surface area contributed by atoms with Crippen molar-refractivity contribution >= 4 is 5.78 Å². The fraction of sp³-hybridized carbons (Fsp3) is 0.400. The van der Waals surface area contributed by atoms with Crippen LogP contribution in [0.1, 0.15) is 36.6 Å². The average molecular weight is 319 g/mol. The van der Waals surface area contributed by atoms with E-state index in [9.17, 15) is 20.1 Å². The largest absolute Gasteiger partial charge is 0.506 e. The first-order valence-corrected chi connectivity index (χ1v) is 7.20. The van der Waals surface area contributed by atoms with Crippen LogP contribution in [0.3, 0.4) is 0 Å². The van der Waals surface area contributed by atoms with Gasteiger partial charge >= 0.3 is 0 Å². The summed E-state index contributed by atoms with van der Waals surface area (Å²) in [6, 6.07) is 0. The van der Waals surface area contributed by atoms with Crippen LogP contribution in [0.15, 0.2) is 41.6 Å². The summed E-state index contributed by atoms with van der Waals surface area (Å²) >= 11 is 0. The molecular weight excluding hydrogens is 302 g/mol. The van der Waals surface area contributed by atoms with Crippen molar-refractivity contribution in [2.45, 2.75) is 31.6 Å². The van der Waals surface area contributed by atoms with Gasteiger partial charge in [0.2, 0.25) is 17.8 Å². The van der Waals surface area contributed by atoms with Gasteiger partial charge in [0, 0.05) is 5.57 Å². The van der Waals surface area contributed by atoms with Crippen LogP contribution in [0.2, 0.25) is 0 Å². The highest BCUT2D eigenvalue weighted by atomic mass is 16.6. The Labute approximate surface area is 132 Å². The molecule has 1 aliphatic heterocycles. The lowest BCUT2D eigenvalue weighted by molar-refractivity contribution is -0.101. The molecule has 122 valence electrons. The monoisotopic (exact) mass is 319 g/mol. The second kappa shape index (κ2) is 5.64. The third-order valence-corrected chi connectivity index (χ3v) is 3.86. The molecule has 2 heterocycles. The van der Waals surface area contributed by atoms with E-state index in [-0.39, 0.29) is 11.6 Å². The molecule has 0 aromatic carbocycles. The number of hydrogen-bond acceptors (Lipinski definition) is 7. The van der Waals surface area contributed by atoms with E-state index in [4.69, 9.17) is 4.74 Å². The van der Waals surface area contributed by atoms with Crippen LogP contribution in [0.25, 0.3) is 0 Å². The molecule has 1 aromatic heterocycles. The molecular formula is C15H17N3O5. The smallest absolute Gasteiger partial charge is 0.231 e. The topological polar surface area (TPSA) is 118 Å². The summed E-state index contributed by atoms with van der Waals surface area (Å²) in [7, 11) is 0. The molecule has 0 saturated heterocycles. The molecule has 8 nitrogen and oxygen atoms in total. The molecule has 3 rings (SSSR count). The molecule has 1 unspecified atom stereocenters. The fourth-order valence-corrected chi connectivity index (χ4v) is 2.44. The zero-order chi connectivity index (χ0) is 16.6. The predicted molar refractivity (Wildman–Crippen MR) is 78.7 cm³/mol. The number of hydrogen-bond donors (Lipinski definition) is 3. The van der Waals surface area contributed by atoms with E-state index in [2.05, 4.69) is 10.1 Å². The second-order valence-electron chi connectivity index (χ2n) is 5.61. The van der Waals surface area contributed by atoms with Crippen LogP contribution in [0, 0.1) is 0 Å². The highest BCUT2D eigenvalue weighted by Gasteiger charge is 2.46. The van der Waals surface area contributed by atoms with Crippen molar-refractivity contribution < 1.29 is 24.9 Å². The third-order valence-electron chi connectivity index (χ3n) is 3.86. The second-order valence-corrected chi connectivity index (χ2v) is 5.61. The number of carbonyl (C=O) groups is 1. The van der Waals surface area contributed by atoms with Gasteiger partial charge in [-0.2, -0.15) is 0 Å². The maximum Gasteiger partial charge on any atom is 0.231 e. The molecule has 0 amide bonds. The number of aliphatic hydroxyl groups is 3. The van der Waals surface area contributed by atoms with Crippen LogP contribution in [0.4, 0.5) is 0 Å². The van der Waals surface area contributed by atoms with E-state index in [1.165, 1.54) is 13.3 Å². The number of rotatable bonds is 4. The number of ketones is 1. The normalized spacial score (nSPS) is 27.4. The highest BCUT2D eigenvalue weighted by Crippen LogP contribution is 2.38. The maximum absolute atomic E-state index is 12.3. The van der Waals surface area contributed by atoms with Gasteiger partial charge in [-0.1, -0.05) is 18.2 Å². The first-order valence-electron chi connectivity index (χ1n) is 7.20. The first kappa shape index (κ1) is 15.4. The molecule has 0 fully saturated rings. The Hall–Kier alpha value is -2.45. The summed E-state index contributed by atoms with van der Waals surface area (Å²) in [5, 5.41) is 33.2. The number of Topliss-reactive ketones (excluding diaryl/α,β-unsaturated/α-hetero) is 1. The molecule has 3 N–H and O–H groups in total. The highest BCUT2D eigenvalue weighted by molar-refractivity contribution is 6.08. The van der Waals surface area contributed by atoms with Gasteiger partial charge in [-0.25, -0.2) is 9.67 Å². The quantitative estimate of drug-likeness (QED) is 0.717. The predicted octanol–water partition coefficient (Wildman–Crippen LogP) is 1.34. The van der Waals surface area contributed by atoms with E-state index < -0.39 is 30.0 Å². The summed E-state index contributed by atoms with van der Waals surface area (Å²) in [5.41, 5.74) is -0.899. The number of aliphatic hydroxyl groups excluding tert-OH is 3. The van der Waals surface area contributed by atoms with Crippen molar-refractivity contribution in [1.82, 2.24) is 14.8 Å². The molecule has 0 saturated carbocycles. The van der Waals surface area contributed by atoms with Crippen molar-refractivity contribution in [2.24, 2.45) is 0 Å². The summed E-state index contributed by atoms with van der Waals surface area (Å²) in [6.07, 6.45) is 7.23. The van der Waals surface area contributed by atoms with Crippen LogP contribution in [-0.2, 0) is 4.74 Å². The van der Waals surface area contributed by atoms with E-state index in [1.54, 1.807) is 6.08 Å². The van der Waals surface area contributed by atoms with Gasteiger partial charge in [0.15, 0.2) is 17.1 Å². The molecule has 1 aliphatic carbocycles. The van der Waals surface area contributed by atoms with Gasteiger partial charge in [-0.15, -0.1) is 5.10 Å². The number of carbonyl (C=O) groups excluding carboxylic acids is 1. The van der Waals surface area contributed by atoms with Crippen molar-refractivity contribution in [3.63, 3.8) is 0 Å². The van der Waals surface area contributed by atoms with E-state index in [0.29, 0.717) is 5.57 Å². The number of allylic oxidation sites excluding steroid dienone is 4. The van der Waals surface area contributed by atoms with Gasteiger partial charge in [-0.3, -0.25) is 4.79 Å². The van der Waals surface area contributed by atoms with Crippen LogP contribution < -0.4 is 0 Å². The minimum absolute atomic E-state index is 0.0312. The SMILES string of the molecule is CC1(CO)O[C@@H](n2cnc(C(=O)C3=CCCC=C3)n2)C(O)=C1O. The van der Waals surface area contributed by atoms with Gasteiger partial charge in [0.25, 0.3) is 0 Å². The standard InChI is InChI=1S/C15H17N3O5/c1-15(7-19)12(22)11(21)14(23-15)18-8-16-13(17-18)10(20)9-5-3-2-4-6-9/h3,5-6,8,14,19,21-22H,2,4,7H2,1H3/t14-,15?/m1/s1. The molecule has 2 aliphatic rings. The third kappa shape index (κ3) is 2.55. The maximum atomic E-state index is 12.3. The number of nitrogens with zero attached hydrogens (tertiary/aromatic N) is 3. The summed E-state index contributed by atoms with van der Waals surface area (Å²) in [6.45, 7) is 0.913. The molecule has 0 radical (unpaired) electrons. The molecule has 0 spiro atoms. The Balaban J connectivity index is 1.85.